The Morgan fingerprint density at radius 3 is 2.62 bits per heavy atom. The quantitative estimate of drug-likeness (QED) is 0.757. The Morgan fingerprint density at radius 2 is 1.96 bits per heavy atom. The molecule has 0 bridgehead atoms. The minimum atomic E-state index is -4.79. The van der Waals surface area contributed by atoms with Crippen LogP contribution < -0.4 is 15.6 Å². The van der Waals surface area contributed by atoms with Gasteiger partial charge in [-0.15, -0.1) is 13.2 Å². The van der Waals surface area contributed by atoms with Crippen LogP contribution in [0.3, 0.4) is 0 Å². The molecular weight excluding hydrogens is 355 g/mol. The van der Waals surface area contributed by atoms with Crippen molar-refractivity contribution in [2.45, 2.75) is 12.9 Å². The Morgan fingerprint density at radius 1 is 1.27 bits per heavy atom. The molecule has 0 saturated carbocycles. The first-order valence-electron chi connectivity index (χ1n) is 7.26. The lowest BCUT2D eigenvalue weighted by atomic mass is 10.3. The number of anilines is 1. The zero-order valence-electron chi connectivity index (χ0n) is 13.3. The fourth-order valence-electron chi connectivity index (χ4n) is 2.27. The minimum Gasteiger partial charge on any atom is -0.406 e. The van der Waals surface area contributed by atoms with Crippen molar-refractivity contribution in [1.29, 1.82) is 0 Å². The normalized spacial score (nSPS) is 11.5. The van der Waals surface area contributed by atoms with Crippen molar-refractivity contribution in [3.63, 3.8) is 0 Å². The Balaban J connectivity index is 1.69. The van der Waals surface area contributed by atoms with Gasteiger partial charge in [-0.05, 0) is 24.3 Å². The van der Waals surface area contributed by atoms with Gasteiger partial charge >= 0.3 is 6.36 Å². The molecule has 3 rings (SSSR count). The number of carbonyl (C=O) groups is 1. The van der Waals surface area contributed by atoms with Crippen molar-refractivity contribution in [3.05, 3.63) is 47.1 Å². The van der Waals surface area contributed by atoms with E-state index in [9.17, 15) is 22.8 Å². The number of aromatic nitrogens is 4. The minimum absolute atomic E-state index is 0.257. The number of nitrogens with zero attached hydrogens (tertiary/aromatic N) is 4. The van der Waals surface area contributed by atoms with Crippen molar-refractivity contribution in [2.24, 2.45) is 7.05 Å². The Kier molecular flexibility index (Phi) is 4.36. The molecule has 8 nitrogen and oxygen atoms in total. The molecule has 1 N–H and O–H groups in total. The summed E-state index contributed by atoms with van der Waals surface area (Å²) >= 11 is 0. The number of ether oxygens (including phenoxy) is 1. The average Bonchev–Trinajstić information content (AvgIpc) is 2.93. The summed E-state index contributed by atoms with van der Waals surface area (Å²) < 4.78 is 42.6. The molecule has 2 aromatic heterocycles. The third-order valence-corrected chi connectivity index (χ3v) is 3.40. The summed E-state index contributed by atoms with van der Waals surface area (Å²) in [4.78, 5) is 28.4. The smallest absolute Gasteiger partial charge is 0.406 e. The third kappa shape index (κ3) is 3.82. The number of benzene rings is 1. The van der Waals surface area contributed by atoms with E-state index in [-0.39, 0.29) is 17.6 Å². The van der Waals surface area contributed by atoms with Gasteiger partial charge in [0.25, 0.3) is 5.56 Å². The van der Waals surface area contributed by atoms with E-state index in [1.807, 2.05) is 0 Å². The van der Waals surface area contributed by atoms with E-state index in [1.54, 1.807) is 7.05 Å². The second-order valence-electron chi connectivity index (χ2n) is 5.30. The van der Waals surface area contributed by atoms with Gasteiger partial charge in [0.15, 0.2) is 5.65 Å². The molecule has 0 radical (unpaired) electrons. The van der Waals surface area contributed by atoms with E-state index in [0.717, 1.165) is 16.7 Å². The molecule has 0 aliphatic heterocycles. The molecule has 3 aromatic rings. The molecule has 0 aliphatic carbocycles. The van der Waals surface area contributed by atoms with Crippen LogP contribution in [-0.2, 0) is 18.4 Å². The Hall–Kier alpha value is -3.37. The Labute approximate surface area is 143 Å². The van der Waals surface area contributed by atoms with Gasteiger partial charge in [-0.1, -0.05) is 0 Å². The highest BCUT2D eigenvalue weighted by molar-refractivity contribution is 5.90. The number of rotatable bonds is 4. The number of halogens is 3. The number of fused-ring (bicyclic) bond motifs is 1. The van der Waals surface area contributed by atoms with Crippen LogP contribution >= 0.6 is 0 Å². The molecule has 0 spiro atoms. The second kappa shape index (κ2) is 6.50. The fourth-order valence-corrected chi connectivity index (χ4v) is 2.27. The maximum absolute atomic E-state index is 12.3. The van der Waals surface area contributed by atoms with Crippen LogP contribution in [0.2, 0.25) is 0 Å². The largest absolute Gasteiger partial charge is 0.573 e. The van der Waals surface area contributed by atoms with Gasteiger partial charge in [0, 0.05) is 12.7 Å². The molecular formula is C15H12F3N5O3. The number of aryl methyl sites for hydroxylation is 1. The first-order valence-corrected chi connectivity index (χ1v) is 7.26. The average molecular weight is 367 g/mol. The summed E-state index contributed by atoms with van der Waals surface area (Å²) in [5.74, 6) is -0.945. The standard InChI is InChI=1S/C15H12F3N5O3/c1-22-13-11(6-20-22)14(25)23(8-19-13)7-12(24)21-9-2-4-10(5-3-9)26-15(16,17)18/h2-6,8H,7H2,1H3,(H,21,24). The van der Waals surface area contributed by atoms with Crippen molar-refractivity contribution < 1.29 is 22.7 Å². The summed E-state index contributed by atoms with van der Waals surface area (Å²) in [6.07, 6.45) is -2.20. The van der Waals surface area contributed by atoms with Crippen molar-refractivity contribution in [2.75, 3.05) is 5.32 Å². The van der Waals surface area contributed by atoms with Gasteiger partial charge in [0.1, 0.15) is 24.0 Å². The molecule has 0 fully saturated rings. The molecule has 2 heterocycles. The lowest BCUT2D eigenvalue weighted by Crippen LogP contribution is -2.27. The third-order valence-electron chi connectivity index (χ3n) is 3.40. The number of hydrogen-bond donors (Lipinski definition) is 1. The van der Waals surface area contributed by atoms with Crippen molar-refractivity contribution >= 4 is 22.6 Å². The maximum Gasteiger partial charge on any atom is 0.573 e. The fraction of sp³-hybridized carbons (Fsp3) is 0.200. The van der Waals surface area contributed by atoms with Crippen molar-refractivity contribution in [1.82, 2.24) is 19.3 Å². The van der Waals surface area contributed by atoms with Gasteiger partial charge in [-0.25, -0.2) is 4.98 Å². The summed E-state index contributed by atoms with van der Waals surface area (Å²) in [6, 6.07) is 4.64. The number of amides is 1. The number of nitrogens with one attached hydrogen (secondary N) is 1. The van der Waals surface area contributed by atoms with Crippen LogP contribution in [0.4, 0.5) is 18.9 Å². The van der Waals surface area contributed by atoms with Gasteiger partial charge < -0.3 is 10.1 Å². The lowest BCUT2D eigenvalue weighted by Gasteiger charge is -2.10. The number of hydrogen-bond acceptors (Lipinski definition) is 5. The van der Waals surface area contributed by atoms with Crippen LogP contribution in [0.5, 0.6) is 5.75 Å². The highest BCUT2D eigenvalue weighted by Gasteiger charge is 2.30. The van der Waals surface area contributed by atoms with E-state index >= 15 is 0 Å². The van der Waals surface area contributed by atoms with Crippen LogP contribution in [-0.4, -0.2) is 31.6 Å². The van der Waals surface area contributed by atoms with E-state index in [4.69, 9.17) is 0 Å². The predicted octanol–water partition coefficient (Wildman–Crippen LogP) is 1.67. The van der Waals surface area contributed by atoms with Crippen molar-refractivity contribution in [3.8, 4) is 5.75 Å². The highest BCUT2D eigenvalue weighted by atomic mass is 19.4. The molecule has 136 valence electrons. The zero-order chi connectivity index (χ0) is 18.9. The summed E-state index contributed by atoms with van der Waals surface area (Å²) in [7, 11) is 1.64. The lowest BCUT2D eigenvalue weighted by molar-refractivity contribution is -0.274. The summed E-state index contributed by atoms with van der Waals surface area (Å²) in [6.45, 7) is -0.308. The SMILES string of the molecule is Cn1ncc2c(=O)n(CC(=O)Nc3ccc(OC(F)(F)F)cc3)cnc21. The van der Waals surface area contributed by atoms with Gasteiger partial charge in [0.05, 0.1) is 6.20 Å². The molecule has 1 amide bonds. The zero-order valence-corrected chi connectivity index (χ0v) is 13.3. The van der Waals surface area contributed by atoms with E-state index in [1.165, 1.54) is 29.3 Å². The van der Waals surface area contributed by atoms with E-state index in [0.29, 0.717) is 5.65 Å². The monoisotopic (exact) mass is 367 g/mol. The van der Waals surface area contributed by atoms with Crippen LogP contribution in [0.15, 0.2) is 41.6 Å². The molecule has 0 unspecified atom stereocenters. The molecule has 11 heteroatoms. The second-order valence-corrected chi connectivity index (χ2v) is 5.30. The Bertz CT molecular complexity index is 1010. The summed E-state index contributed by atoms with van der Waals surface area (Å²) in [5, 5.41) is 6.68. The summed E-state index contributed by atoms with van der Waals surface area (Å²) in [5.41, 5.74) is 0.229. The number of carbonyl (C=O) groups excluding carboxylic acids is 1. The molecule has 1 aromatic carbocycles. The van der Waals surface area contributed by atoms with Crippen LogP contribution in [0.1, 0.15) is 0 Å². The van der Waals surface area contributed by atoms with Gasteiger partial charge in [-0.3, -0.25) is 18.8 Å². The predicted molar refractivity (Wildman–Crippen MR) is 84.5 cm³/mol. The highest BCUT2D eigenvalue weighted by Crippen LogP contribution is 2.23. The maximum atomic E-state index is 12.3. The number of alkyl halides is 3. The first-order chi connectivity index (χ1) is 12.2. The van der Waals surface area contributed by atoms with E-state index < -0.39 is 23.6 Å². The van der Waals surface area contributed by atoms with Crippen LogP contribution in [0, 0.1) is 0 Å². The van der Waals surface area contributed by atoms with Crippen LogP contribution in [0.25, 0.3) is 11.0 Å². The van der Waals surface area contributed by atoms with Gasteiger partial charge in [-0.2, -0.15) is 5.10 Å². The first kappa shape index (κ1) is 17.5. The molecule has 0 saturated heterocycles. The van der Waals surface area contributed by atoms with E-state index in [2.05, 4.69) is 20.1 Å². The molecule has 0 aliphatic rings. The van der Waals surface area contributed by atoms with Gasteiger partial charge in [0.2, 0.25) is 5.91 Å². The molecule has 0 atom stereocenters. The molecule has 26 heavy (non-hydrogen) atoms. The topological polar surface area (TPSA) is 91.0 Å².